The van der Waals surface area contributed by atoms with E-state index in [-0.39, 0.29) is 0 Å². The van der Waals surface area contributed by atoms with Gasteiger partial charge in [-0.05, 0) is 30.4 Å². The summed E-state index contributed by atoms with van der Waals surface area (Å²) >= 11 is 6.09. The summed E-state index contributed by atoms with van der Waals surface area (Å²) in [5.41, 5.74) is 3.42. The zero-order chi connectivity index (χ0) is 14.9. The second kappa shape index (κ2) is 6.03. The van der Waals surface area contributed by atoms with Gasteiger partial charge >= 0.3 is 0 Å². The largest absolute Gasteiger partial charge is 0.381 e. The van der Waals surface area contributed by atoms with Crippen molar-refractivity contribution in [1.82, 2.24) is 15.1 Å². The maximum absolute atomic E-state index is 6.09. The molecule has 2 fully saturated rings. The van der Waals surface area contributed by atoms with Crippen molar-refractivity contribution in [2.45, 2.75) is 13.0 Å². The molecule has 0 amide bonds. The summed E-state index contributed by atoms with van der Waals surface area (Å²) in [4.78, 5) is 2.49. The van der Waals surface area contributed by atoms with Gasteiger partial charge in [-0.1, -0.05) is 23.7 Å². The van der Waals surface area contributed by atoms with Crippen LogP contribution in [0.2, 0.25) is 5.02 Å². The predicted molar refractivity (Wildman–Crippen MR) is 86.7 cm³/mol. The minimum Gasteiger partial charge on any atom is -0.381 e. The van der Waals surface area contributed by atoms with Gasteiger partial charge in [-0.2, -0.15) is 5.10 Å². The first-order valence-corrected chi connectivity index (χ1v) is 8.25. The summed E-state index contributed by atoms with van der Waals surface area (Å²) < 4.78 is 5.50. The second-order valence-electron chi connectivity index (χ2n) is 6.36. The fraction of sp³-hybridized carbons (Fsp3) is 0.471. The van der Waals surface area contributed by atoms with Crippen molar-refractivity contribution >= 4 is 11.6 Å². The fourth-order valence-corrected chi connectivity index (χ4v) is 3.72. The van der Waals surface area contributed by atoms with E-state index in [1.807, 2.05) is 24.4 Å². The third-order valence-electron chi connectivity index (χ3n) is 4.84. The van der Waals surface area contributed by atoms with E-state index < -0.39 is 0 Å². The molecule has 3 heterocycles. The van der Waals surface area contributed by atoms with Gasteiger partial charge < -0.3 is 4.74 Å². The minimum absolute atomic E-state index is 0.753. The molecule has 0 aliphatic carbocycles. The first kappa shape index (κ1) is 14.2. The summed E-state index contributed by atoms with van der Waals surface area (Å²) in [7, 11) is 0. The van der Waals surface area contributed by atoms with Crippen LogP contribution in [0.3, 0.4) is 0 Å². The highest BCUT2D eigenvalue weighted by Crippen LogP contribution is 2.32. The third-order valence-corrected chi connectivity index (χ3v) is 5.08. The SMILES string of the molecule is Clc1cccc(-c2[nH]ncc2CN2CC(C3CCOC3)C2)c1. The smallest absolute Gasteiger partial charge is 0.0695 e. The van der Waals surface area contributed by atoms with Crippen LogP contribution in [-0.4, -0.2) is 41.4 Å². The molecule has 1 unspecified atom stereocenters. The van der Waals surface area contributed by atoms with Gasteiger partial charge in [-0.25, -0.2) is 0 Å². The summed E-state index contributed by atoms with van der Waals surface area (Å²) in [6, 6.07) is 7.91. The Kier molecular flexibility index (Phi) is 3.90. The average Bonchev–Trinajstić information content (AvgIpc) is 3.14. The van der Waals surface area contributed by atoms with E-state index in [0.717, 1.165) is 47.9 Å². The molecule has 2 aliphatic heterocycles. The molecule has 0 saturated carbocycles. The highest BCUT2D eigenvalue weighted by molar-refractivity contribution is 6.30. The highest BCUT2D eigenvalue weighted by Gasteiger charge is 2.35. The zero-order valence-corrected chi connectivity index (χ0v) is 13.2. The van der Waals surface area contributed by atoms with Gasteiger partial charge in [0.15, 0.2) is 0 Å². The van der Waals surface area contributed by atoms with Gasteiger partial charge in [0.1, 0.15) is 0 Å². The Bertz CT molecular complexity index is 645. The lowest BCUT2D eigenvalue weighted by Crippen LogP contribution is -2.49. The van der Waals surface area contributed by atoms with Crippen molar-refractivity contribution in [2.24, 2.45) is 11.8 Å². The van der Waals surface area contributed by atoms with E-state index in [1.165, 1.54) is 25.1 Å². The number of ether oxygens (including phenoxy) is 1. The van der Waals surface area contributed by atoms with Crippen LogP contribution in [0.15, 0.2) is 30.5 Å². The Morgan fingerprint density at radius 3 is 3.00 bits per heavy atom. The van der Waals surface area contributed by atoms with Crippen LogP contribution in [0, 0.1) is 11.8 Å². The van der Waals surface area contributed by atoms with Crippen LogP contribution in [0.4, 0.5) is 0 Å². The van der Waals surface area contributed by atoms with Crippen LogP contribution in [0.5, 0.6) is 0 Å². The molecule has 5 heteroatoms. The van der Waals surface area contributed by atoms with Gasteiger partial charge in [0.2, 0.25) is 0 Å². The fourth-order valence-electron chi connectivity index (χ4n) is 3.53. The van der Waals surface area contributed by atoms with E-state index in [4.69, 9.17) is 16.3 Å². The highest BCUT2D eigenvalue weighted by atomic mass is 35.5. The first-order valence-electron chi connectivity index (χ1n) is 7.88. The number of H-pyrrole nitrogens is 1. The number of benzene rings is 1. The molecule has 4 nitrogen and oxygen atoms in total. The van der Waals surface area contributed by atoms with Gasteiger partial charge in [0.25, 0.3) is 0 Å². The lowest BCUT2D eigenvalue weighted by Gasteiger charge is -2.42. The molecule has 1 N–H and O–H groups in total. The topological polar surface area (TPSA) is 41.2 Å². The van der Waals surface area contributed by atoms with Crippen LogP contribution in [0.1, 0.15) is 12.0 Å². The third kappa shape index (κ3) is 2.78. The Balaban J connectivity index is 1.41. The van der Waals surface area contributed by atoms with E-state index in [1.54, 1.807) is 0 Å². The normalized spacial score (nSPS) is 22.9. The lowest BCUT2D eigenvalue weighted by molar-refractivity contribution is 0.0445. The number of likely N-dealkylation sites (tertiary alicyclic amines) is 1. The van der Waals surface area contributed by atoms with Crippen LogP contribution in [-0.2, 0) is 11.3 Å². The summed E-state index contributed by atoms with van der Waals surface area (Å²) in [5, 5.41) is 8.09. The van der Waals surface area contributed by atoms with Crippen LogP contribution >= 0.6 is 11.6 Å². The van der Waals surface area contributed by atoms with Gasteiger partial charge in [-0.3, -0.25) is 10.00 Å². The number of hydrogen-bond donors (Lipinski definition) is 1. The molecule has 0 bridgehead atoms. The maximum atomic E-state index is 6.09. The first-order chi connectivity index (χ1) is 10.8. The minimum atomic E-state index is 0.753. The monoisotopic (exact) mass is 317 g/mol. The number of halogens is 1. The van der Waals surface area contributed by atoms with E-state index >= 15 is 0 Å². The van der Waals surface area contributed by atoms with E-state index in [9.17, 15) is 0 Å². The average molecular weight is 318 g/mol. The van der Waals surface area contributed by atoms with Crippen molar-refractivity contribution in [1.29, 1.82) is 0 Å². The molecule has 4 rings (SSSR count). The van der Waals surface area contributed by atoms with Crippen molar-refractivity contribution in [3.05, 3.63) is 41.0 Å². The summed E-state index contributed by atoms with van der Waals surface area (Å²) in [5.74, 6) is 1.58. The standard InChI is InChI=1S/C17H20ClN3O/c18-16-3-1-2-12(6-16)17-14(7-19-20-17)8-21-9-15(10-21)13-4-5-22-11-13/h1-3,6-7,13,15H,4-5,8-11H2,(H,19,20). The summed E-state index contributed by atoms with van der Waals surface area (Å²) in [6.07, 6.45) is 3.17. The van der Waals surface area contributed by atoms with Crippen molar-refractivity contribution in [3.8, 4) is 11.3 Å². The molecule has 1 aromatic carbocycles. The molecule has 0 radical (unpaired) electrons. The maximum Gasteiger partial charge on any atom is 0.0695 e. The van der Waals surface area contributed by atoms with Gasteiger partial charge in [0, 0.05) is 49.0 Å². The van der Waals surface area contributed by atoms with Gasteiger partial charge in [0.05, 0.1) is 11.9 Å². The predicted octanol–water partition coefficient (Wildman–Crippen LogP) is 3.20. The molecule has 2 aromatic rings. The Labute approximate surface area is 135 Å². The number of nitrogens with one attached hydrogen (secondary N) is 1. The number of aromatic nitrogens is 2. The van der Waals surface area contributed by atoms with Crippen molar-refractivity contribution < 1.29 is 4.74 Å². The van der Waals surface area contributed by atoms with Crippen molar-refractivity contribution in [3.63, 3.8) is 0 Å². The number of nitrogens with zero attached hydrogens (tertiary/aromatic N) is 2. The summed E-state index contributed by atoms with van der Waals surface area (Å²) in [6.45, 7) is 5.20. The molecule has 1 aromatic heterocycles. The molecule has 116 valence electrons. The molecule has 2 saturated heterocycles. The Morgan fingerprint density at radius 1 is 1.32 bits per heavy atom. The van der Waals surface area contributed by atoms with Crippen LogP contribution < -0.4 is 0 Å². The second-order valence-corrected chi connectivity index (χ2v) is 6.79. The number of aromatic amines is 1. The molecule has 2 aliphatic rings. The molecule has 1 atom stereocenters. The Morgan fingerprint density at radius 2 is 2.23 bits per heavy atom. The molecule has 22 heavy (non-hydrogen) atoms. The molecular formula is C17H20ClN3O. The Hall–Kier alpha value is -1.36. The lowest BCUT2D eigenvalue weighted by atomic mass is 9.85. The van der Waals surface area contributed by atoms with Crippen LogP contribution in [0.25, 0.3) is 11.3 Å². The van der Waals surface area contributed by atoms with Gasteiger partial charge in [-0.15, -0.1) is 0 Å². The molecule has 0 spiro atoms. The number of hydrogen-bond acceptors (Lipinski definition) is 3. The van der Waals surface area contributed by atoms with E-state index in [2.05, 4.69) is 21.2 Å². The quantitative estimate of drug-likeness (QED) is 0.941. The number of rotatable bonds is 4. The van der Waals surface area contributed by atoms with Crippen molar-refractivity contribution in [2.75, 3.05) is 26.3 Å². The molecular weight excluding hydrogens is 298 g/mol. The zero-order valence-electron chi connectivity index (χ0n) is 12.5. The van der Waals surface area contributed by atoms with E-state index in [0.29, 0.717) is 0 Å².